The molecule has 5 saturated carbocycles. The second-order valence-corrected chi connectivity index (χ2v) is 16.4. The summed E-state index contributed by atoms with van der Waals surface area (Å²) in [6.45, 7) is 26.6. The fourth-order valence-corrected chi connectivity index (χ4v) is 12.1. The highest BCUT2D eigenvalue weighted by molar-refractivity contribution is 5.16. The number of rotatable bonds is 0. The van der Waals surface area contributed by atoms with Crippen molar-refractivity contribution in [1.29, 1.82) is 0 Å². The number of fused-ring (bicyclic) bond motifs is 7. The molecule has 0 amide bonds. The van der Waals surface area contributed by atoms with E-state index >= 15 is 0 Å². The lowest BCUT2D eigenvalue weighted by molar-refractivity contribution is -0.230. The van der Waals surface area contributed by atoms with Crippen LogP contribution in [-0.4, -0.2) is 0 Å². The van der Waals surface area contributed by atoms with Crippen molar-refractivity contribution in [2.75, 3.05) is 0 Å². The Morgan fingerprint density at radius 2 is 1.19 bits per heavy atom. The summed E-state index contributed by atoms with van der Waals surface area (Å²) in [6.07, 6.45) is 13.5. The second kappa shape index (κ2) is 7.03. The number of hydrogen-bond acceptors (Lipinski definition) is 0. The molecular weight excluding hydrogens is 384 g/mol. The molecule has 184 valence electrons. The zero-order valence-electron chi connectivity index (χ0n) is 23.5. The van der Waals surface area contributed by atoms with E-state index in [1.54, 1.807) is 0 Å². The van der Waals surface area contributed by atoms with E-state index in [1.807, 2.05) is 0 Å². The highest BCUT2D eigenvalue weighted by Gasteiger charge is 2.67. The normalized spacial score (nSPS) is 58.7. The van der Waals surface area contributed by atoms with Gasteiger partial charge in [-0.1, -0.05) is 69.2 Å². The van der Waals surface area contributed by atoms with Gasteiger partial charge in [-0.25, -0.2) is 0 Å². The molecule has 5 aliphatic rings. The Balaban J connectivity index is 1.52. The van der Waals surface area contributed by atoms with Crippen molar-refractivity contribution < 1.29 is 0 Å². The molecule has 11 atom stereocenters. The van der Waals surface area contributed by atoms with Crippen molar-refractivity contribution in [2.24, 2.45) is 74.4 Å². The quantitative estimate of drug-likeness (QED) is 0.351. The first-order valence-corrected chi connectivity index (χ1v) is 14.7. The van der Waals surface area contributed by atoms with Crippen LogP contribution in [0.1, 0.15) is 127 Å². The second-order valence-electron chi connectivity index (χ2n) is 16.4. The summed E-state index contributed by atoms with van der Waals surface area (Å²) in [5.74, 6) is 7.51. The Kier molecular flexibility index (Phi) is 5.21. The van der Waals surface area contributed by atoms with Crippen LogP contribution < -0.4 is 0 Å². The van der Waals surface area contributed by atoms with E-state index in [0.29, 0.717) is 27.1 Å². The Labute approximate surface area is 201 Å². The molecule has 0 aromatic rings. The molecule has 5 rings (SSSR count). The predicted molar refractivity (Wildman–Crippen MR) is 138 cm³/mol. The minimum atomic E-state index is 0.516. The van der Waals surface area contributed by atoms with Crippen LogP contribution in [0.5, 0.6) is 0 Å². The molecule has 0 saturated heterocycles. The van der Waals surface area contributed by atoms with E-state index < -0.39 is 0 Å². The van der Waals surface area contributed by atoms with Crippen molar-refractivity contribution >= 4 is 0 Å². The molecule has 32 heavy (non-hydrogen) atoms. The molecule has 5 fully saturated rings. The van der Waals surface area contributed by atoms with Crippen LogP contribution >= 0.6 is 0 Å². The monoisotopic (exact) mass is 440 g/mol. The maximum absolute atomic E-state index is 2.81. The van der Waals surface area contributed by atoms with Gasteiger partial charge in [0.1, 0.15) is 0 Å². The highest BCUT2D eigenvalue weighted by atomic mass is 14.7. The first-order valence-electron chi connectivity index (χ1n) is 14.7. The van der Waals surface area contributed by atoms with Gasteiger partial charge in [-0.3, -0.25) is 0 Å². The Hall–Kier alpha value is 0. The SMILES string of the molecule is CC1CC2C(C)(CCC3C(C)(C)C(C)CCC32C)C2CCC3(C)C(C)CC(C)(C)CC3C12. The zero-order chi connectivity index (χ0) is 23.5. The summed E-state index contributed by atoms with van der Waals surface area (Å²) < 4.78 is 0. The molecule has 0 bridgehead atoms. The van der Waals surface area contributed by atoms with Crippen LogP contribution in [0, 0.1) is 74.4 Å². The van der Waals surface area contributed by atoms with Crippen molar-refractivity contribution in [3.05, 3.63) is 0 Å². The highest BCUT2D eigenvalue weighted by Crippen LogP contribution is 2.74. The van der Waals surface area contributed by atoms with Crippen LogP contribution in [0.2, 0.25) is 0 Å². The van der Waals surface area contributed by atoms with Crippen LogP contribution in [0.4, 0.5) is 0 Å². The summed E-state index contributed by atoms with van der Waals surface area (Å²) in [5.41, 5.74) is 2.81. The minimum Gasteiger partial charge on any atom is -0.0622 e. The topological polar surface area (TPSA) is 0 Å². The van der Waals surface area contributed by atoms with Gasteiger partial charge in [0.2, 0.25) is 0 Å². The predicted octanol–water partition coefficient (Wildman–Crippen LogP) is 9.63. The van der Waals surface area contributed by atoms with Gasteiger partial charge in [0.05, 0.1) is 0 Å². The molecule has 0 radical (unpaired) electrons. The Morgan fingerprint density at radius 1 is 0.562 bits per heavy atom. The average Bonchev–Trinajstić information content (AvgIpc) is 2.67. The molecule has 0 aromatic heterocycles. The maximum atomic E-state index is 2.81. The zero-order valence-corrected chi connectivity index (χ0v) is 23.5. The molecule has 0 heteroatoms. The molecule has 5 aliphatic carbocycles. The van der Waals surface area contributed by atoms with Crippen LogP contribution in [0.25, 0.3) is 0 Å². The van der Waals surface area contributed by atoms with Crippen LogP contribution in [0.3, 0.4) is 0 Å². The third kappa shape index (κ3) is 2.98. The minimum absolute atomic E-state index is 0.516. The smallest absolute Gasteiger partial charge is 0.0259 e. The summed E-state index contributed by atoms with van der Waals surface area (Å²) in [5, 5.41) is 0. The van der Waals surface area contributed by atoms with Gasteiger partial charge in [0.25, 0.3) is 0 Å². The Morgan fingerprint density at radius 3 is 1.88 bits per heavy atom. The fraction of sp³-hybridized carbons (Fsp3) is 1.00. The summed E-state index contributed by atoms with van der Waals surface area (Å²) >= 11 is 0. The molecule has 0 aliphatic heterocycles. The van der Waals surface area contributed by atoms with Gasteiger partial charge < -0.3 is 0 Å². The van der Waals surface area contributed by atoms with E-state index in [1.165, 1.54) is 57.8 Å². The molecule has 0 nitrogen and oxygen atoms in total. The molecular formula is C32H56. The van der Waals surface area contributed by atoms with Gasteiger partial charge >= 0.3 is 0 Å². The molecule has 0 spiro atoms. The lowest BCUT2D eigenvalue weighted by atomic mass is 9.33. The third-order valence-corrected chi connectivity index (χ3v) is 14.3. The van der Waals surface area contributed by atoms with E-state index in [4.69, 9.17) is 0 Å². The van der Waals surface area contributed by atoms with Crippen molar-refractivity contribution in [3.63, 3.8) is 0 Å². The average molecular weight is 441 g/mol. The molecule has 0 heterocycles. The van der Waals surface area contributed by atoms with Gasteiger partial charge in [-0.05, 0) is 132 Å². The van der Waals surface area contributed by atoms with Gasteiger partial charge in [0.15, 0.2) is 0 Å². The van der Waals surface area contributed by atoms with Gasteiger partial charge in [-0.15, -0.1) is 0 Å². The largest absolute Gasteiger partial charge is 0.0622 e. The van der Waals surface area contributed by atoms with E-state index in [0.717, 1.165) is 47.3 Å². The molecule has 0 N–H and O–H groups in total. The maximum Gasteiger partial charge on any atom is -0.0259 e. The standard InChI is InChI=1S/C32H56/c1-20-17-26-31(9,16-13-25-29(6,7)21(2)11-14-32(25,26)10)23-12-15-30(8)22(3)18-28(4,5)19-24(30)27(20)23/h20-27H,11-19H2,1-10H3. The van der Waals surface area contributed by atoms with Gasteiger partial charge in [-0.2, -0.15) is 0 Å². The Bertz CT molecular complexity index is 745. The van der Waals surface area contributed by atoms with Crippen LogP contribution in [0.15, 0.2) is 0 Å². The first kappa shape index (κ1) is 23.7. The van der Waals surface area contributed by atoms with Crippen molar-refractivity contribution in [2.45, 2.75) is 127 Å². The fourth-order valence-electron chi connectivity index (χ4n) is 12.1. The van der Waals surface area contributed by atoms with E-state index in [9.17, 15) is 0 Å². The molecule has 11 unspecified atom stereocenters. The third-order valence-electron chi connectivity index (χ3n) is 14.3. The van der Waals surface area contributed by atoms with E-state index in [-0.39, 0.29) is 0 Å². The number of hydrogen-bond donors (Lipinski definition) is 0. The van der Waals surface area contributed by atoms with Crippen LogP contribution in [-0.2, 0) is 0 Å². The molecule has 0 aromatic carbocycles. The van der Waals surface area contributed by atoms with Gasteiger partial charge in [0, 0.05) is 0 Å². The lowest BCUT2D eigenvalue weighted by Crippen LogP contribution is -2.64. The lowest BCUT2D eigenvalue weighted by Gasteiger charge is -2.72. The van der Waals surface area contributed by atoms with E-state index in [2.05, 4.69) is 69.2 Å². The summed E-state index contributed by atoms with van der Waals surface area (Å²) in [6, 6.07) is 0. The van der Waals surface area contributed by atoms with Crippen molar-refractivity contribution in [1.82, 2.24) is 0 Å². The first-order chi connectivity index (χ1) is 14.7. The summed E-state index contributed by atoms with van der Waals surface area (Å²) in [4.78, 5) is 0. The van der Waals surface area contributed by atoms with Crippen molar-refractivity contribution in [3.8, 4) is 0 Å². The summed E-state index contributed by atoms with van der Waals surface area (Å²) in [7, 11) is 0.